The third-order valence-electron chi connectivity index (χ3n) is 4.64. The second-order valence-electron chi connectivity index (χ2n) is 6.33. The minimum absolute atomic E-state index is 0.154. The Morgan fingerprint density at radius 3 is 2.83 bits per heavy atom. The molecule has 0 aliphatic carbocycles. The highest BCUT2D eigenvalue weighted by atomic mass is 16.5. The first-order valence-corrected chi connectivity index (χ1v) is 8.70. The maximum Gasteiger partial charge on any atom is 0.242 e. The van der Waals surface area contributed by atoms with Gasteiger partial charge in [0.1, 0.15) is 12.4 Å². The van der Waals surface area contributed by atoms with Crippen LogP contribution in [0.2, 0.25) is 0 Å². The normalized spacial score (nSPS) is 16.0. The number of nitrogens with two attached hydrogens (primary N) is 1. The second-order valence-corrected chi connectivity index (χ2v) is 6.33. The van der Waals surface area contributed by atoms with Gasteiger partial charge in [-0.05, 0) is 44.9 Å². The summed E-state index contributed by atoms with van der Waals surface area (Å²) in [6, 6.07) is 7.94. The van der Waals surface area contributed by atoms with Gasteiger partial charge in [0.05, 0.1) is 17.1 Å². The molecule has 1 aromatic carbocycles. The van der Waals surface area contributed by atoms with E-state index in [0.29, 0.717) is 13.1 Å². The Labute approximate surface area is 142 Å². The summed E-state index contributed by atoms with van der Waals surface area (Å²) in [4.78, 5) is 19.1. The molecule has 0 unspecified atom stereocenters. The van der Waals surface area contributed by atoms with Crippen LogP contribution in [-0.2, 0) is 16.1 Å². The summed E-state index contributed by atoms with van der Waals surface area (Å²) in [5.41, 5.74) is 7.44. The maximum absolute atomic E-state index is 12.6. The van der Waals surface area contributed by atoms with Crippen LogP contribution >= 0.6 is 0 Å². The summed E-state index contributed by atoms with van der Waals surface area (Å²) in [7, 11) is 0. The molecule has 6 nitrogen and oxygen atoms in total. The fraction of sp³-hybridized carbons (Fsp3) is 0.556. The number of para-hydroxylation sites is 2. The van der Waals surface area contributed by atoms with Gasteiger partial charge < -0.3 is 19.9 Å². The van der Waals surface area contributed by atoms with Crippen molar-refractivity contribution in [3.63, 3.8) is 0 Å². The van der Waals surface area contributed by atoms with E-state index in [9.17, 15) is 4.79 Å². The van der Waals surface area contributed by atoms with Gasteiger partial charge >= 0.3 is 0 Å². The molecule has 2 heterocycles. The summed E-state index contributed by atoms with van der Waals surface area (Å²) < 4.78 is 7.80. The summed E-state index contributed by atoms with van der Waals surface area (Å²) in [5, 5.41) is 0. The van der Waals surface area contributed by atoms with Crippen LogP contribution in [-0.4, -0.2) is 52.7 Å². The van der Waals surface area contributed by atoms with Crippen LogP contribution in [0.4, 0.5) is 0 Å². The summed E-state index contributed by atoms with van der Waals surface area (Å²) in [6.45, 7) is 5.20. The van der Waals surface area contributed by atoms with Gasteiger partial charge in [-0.1, -0.05) is 12.1 Å². The highest BCUT2D eigenvalue weighted by molar-refractivity contribution is 5.81. The zero-order valence-electron chi connectivity index (χ0n) is 14.3. The number of piperidine rings is 1. The van der Waals surface area contributed by atoms with E-state index < -0.39 is 0 Å². The number of hydrogen-bond donors (Lipinski definition) is 1. The number of carbonyl (C=O) groups is 1. The molecular weight excluding hydrogens is 304 g/mol. The lowest BCUT2D eigenvalue weighted by atomic mass is 10.1. The number of aryl methyl sites for hydroxylation is 1. The van der Waals surface area contributed by atoms with Gasteiger partial charge in [-0.25, -0.2) is 4.98 Å². The van der Waals surface area contributed by atoms with Crippen LogP contribution in [0.15, 0.2) is 24.3 Å². The smallest absolute Gasteiger partial charge is 0.242 e. The van der Waals surface area contributed by atoms with Gasteiger partial charge in [0.15, 0.2) is 0 Å². The van der Waals surface area contributed by atoms with Crippen molar-refractivity contribution >= 4 is 16.9 Å². The monoisotopic (exact) mass is 330 g/mol. The SMILES string of the molecule is Cc1nc2ccccc2n1CC(=O)N1CCC(OCCCN)CC1. The molecule has 0 bridgehead atoms. The van der Waals surface area contributed by atoms with Crippen molar-refractivity contribution in [2.24, 2.45) is 5.73 Å². The topological polar surface area (TPSA) is 73.4 Å². The van der Waals surface area contributed by atoms with Crippen LogP contribution in [0.1, 0.15) is 25.1 Å². The predicted molar refractivity (Wildman–Crippen MR) is 93.7 cm³/mol. The average Bonchev–Trinajstić information content (AvgIpc) is 2.91. The first kappa shape index (κ1) is 16.9. The number of nitrogens with zero attached hydrogens (tertiary/aromatic N) is 3. The fourth-order valence-electron chi connectivity index (χ4n) is 3.24. The largest absolute Gasteiger partial charge is 0.378 e. The lowest BCUT2D eigenvalue weighted by Crippen LogP contribution is -2.42. The van der Waals surface area contributed by atoms with Gasteiger partial charge in [-0.2, -0.15) is 0 Å². The molecule has 130 valence electrons. The van der Waals surface area contributed by atoms with Gasteiger partial charge in [0.25, 0.3) is 0 Å². The molecule has 0 radical (unpaired) electrons. The Morgan fingerprint density at radius 1 is 1.33 bits per heavy atom. The van der Waals surface area contributed by atoms with Crippen LogP contribution < -0.4 is 5.73 Å². The second kappa shape index (κ2) is 7.77. The van der Waals surface area contributed by atoms with Gasteiger partial charge in [0, 0.05) is 19.7 Å². The number of benzene rings is 1. The van der Waals surface area contributed by atoms with Crippen molar-refractivity contribution in [3.05, 3.63) is 30.1 Å². The van der Waals surface area contributed by atoms with Gasteiger partial charge in [0.2, 0.25) is 5.91 Å². The molecule has 1 amide bonds. The molecule has 1 aliphatic heterocycles. The average molecular weight is 330 g/mol. The molecule has 0 atom stereocenters. The predicted octanol–water partition coefficient (Wildman–Crippen LogP) is 1.70. The van der Waals surface area contributed by atoms with Crippen molar-refractivity contribution < 1.29 is 9.53 Å². The number of fused-ring (bicyclic) bond motifs is 1. The summed E-state index contributed by atoms with van der Waals surface area (Å²) >= 11 is 0. The Bertz CT molecular complexity index is 689. The van der Waals surface area contributed by atoms with Crippen LogP contribution in [0.25, 0.3) is 11.0 Å². The first-order valence-electron chi connectivity index (χ1n) is 8.70. The molecule has 0 saturated carbocycles. The molecule has 2 N–H and O–H groups in total. The minimum atomic E-state index is 0.154. The maximum atomic E-state index is 12.6. The van der Waals surface area contributed by atoms with Crippen molar-refractivity contribution in [2.45, 2.75) is 38.8 Å². The van der Waals surface area contributed by atoms with E-state index in [1.807, 2.05) is 40.7 Å². The Morgan fingerprint density at radius 2 is 2.08 bits per heavy atom. The quantitative estimate of drug-likeness (QED) is 0.818. The molecule has 24 heavy (non-hydrogen) atoms. The Kier molecular flexibility index (Phi) is 5.48. The molecule has 0 spiro atoms. The van der Waals surface area contributed by atoms with E-state index in [0.717, 1.165) is 55.8 Å². The van der Waals surface area contributed by atoms with Gasteiger partial charge in [-0.3, -0.25) is 4.79 Å². The third kappa shape index (κ3) is 3.76. The van der Waals surface area contributed by atoms with E-state index in [1.165, 1.54) is 0 Å². The molecular formula is C18H26N4O2. The number of hydrogen-bond acceptors (Lipinski definition) is 4. The number of ether oxygens (including phenoxy) is 1. The summed E-state index contributed by atoms with van der Waals surface area (Å²) in [6.07, 6.45) is 2.96. The molecule has 2 aromatic rings. The number of rotatable bonds is 6. The highest BCUT2D eigenvalue weighted by Gasteiger charge is 2.24. The van der Waals surface area contributed by atoms with E-state index in [-0.39, 0.29) is 12.0 Å². The van der Waals surface area contributed by atoms with E-state index >= 15 is 0 Å². The van der Waals surface area contributed by atoms with Crippen molar-refractivity contribution in [2.75, 3.05) is 26.2 Å². The van der Waals surface area contributed by atoms with Crippen LogP contribution in [0.3, 0.4) is 0 Å². The lowest BCUT2D eigenvalue weighted by Gasteiger charge is -2.32. The van der Waals surface area contributed by atoms with Crippen molar-refractivity contribution in [1.29, 1.82) is 0 Å². The van der Waals surface area contributed by atoms with E-state index in [2.05, 4.69) is 4.98 Å². The standard InChI is InChI=1S/C18H26N4O2/c1-14-20-16-5-2-3-6-17(16)22(14)13-18(23)21-10-7-15(8-11-21)24-12-4-9-19/h2-3,5-6,15H,4,7-13,19H2,1H3. The van der Waals surface area contributed by atoms with Gasteiger partial charge in [-0.15, -0.1) is 0 Å². The van der Waals surface area contributed by atoms with Crippen molar-refractivity contribution in [3.8, 4) is 0 Å². The molecule has 1 aliphatic rings. The highest BCUT2D eigenvalue weighted by Crippen LogP contribution is 2.18. The van der Waals surface area contributed by atoms with Crippen LogP contribution in [0.5, 0.6) is 0 Å². The zero-order valence-corrected chi connectivity index (χ0v) is 14.3. The van der Waals surface area contributed by atoms with E-state index in [1.54, 1.807) is 0 Å². The summed E-state index contributed by atoms with van der Waals surface area (Å²) in [5.74, 6) is 1.03. The molecule has 3 rings (SSSR count). The molecule has 1 fully saturated rings. The Balaban J connectivity index is 1.57. The van der Waals surface area contributed by atoms with E-state index in [4.69, 9.17) is 10.5 Å². The number of likely N-dealkylation sites (tertiary alicyclic amines) is 1. The van der Waals surface area contributed by atoms with Crippen LogP contribution in [0, 0.1) is 6.92 Å². The Hall–Kier alpha value is -1.92. The third-order valence-corrected chi connectivity index (χ3v) is 4.64. The molecule has 6 heteroatoms. The lowest BCUT2D eigenvalue weighted by molar-refractivity contribution is -0.134. The number of imidazole rings is 1. The van der Waals surface area contributed by atoms with Crippen molar-refractivity contribution in [1.82, 2.24) is 14.5 Å². The molecule has 1 aromatic heterocycles. The number of carbonyl (C=O) groups excluding carboxylic acids is 1. The number of amides is 1. The minimum Gasteiger partial charge on any atom is -0.378 e. The number of aromatic nitrogens is 2. The first-order chi connectivity index (χ1) is 11.7. The molecule has 1 saturated heterocycles. The zero-order chi connectivity index (χ0) is 16.9. The fourth-order valence-corrected chi connectivity index (χ4v) is 3.24.